The molecule has 0 N–H and O–H groups in total. The van der Waals surface area contributed by atoms with Gasteiger partial charge in [-0.3, -0.25) is 9.78 Å². The van der Waals surface area contributed by atoms with Crippen molar-refractivity contribution in [1.29, 1.82) is 0 Å². The minimum atomic E-state index is 0.142. The fraction of sp³-hybridized carbons (Fsp3) is 0.600. The van der Waals surface area contributed by atoms with E-state index < -0.39 is 0 Å². The van der Waals surface area contributed by atoms with Gasteiger partial charge in [-0.25, -0.2) is 0 Å². The highest BCUT2D eigenvalue weighted by atomic mass is 32.2. The third-order valence-electron chi connectivity index (χ3n) is 3.56. The molecule has 0 spiro atoms. The van der Waals surface area contributed by atoms with Gasteiger partial charge in [0.15, 0.2) is 5.78 Å². The minimum Gasteiger partial charge on any atom is -0.298 e. The Bertz CT molecular complexity index is 432. The highest BCUT2D eigenvalue weighted by Gasteiger charge is 2.30. The van der Waals surface area contributed by atoms with Gasteiger partial charge in [0.1, 0.15) is 0 Å². The SMILES string of the molecule is CCc1ccc(CC(=O)C2CSC(C)C(C)S2)nc1. The number of hydrogen-bond acceptors (Lipinski definition) is 4. The van der Waals surface area contributed by atoms with Gasteiger partial charge in [0.05, 0.1) is 5.25 Å². The van der Waals surface area contributed by atoms with E-state index >= 15 is 0 Å². The molecule has 3 atom stereocenters. The lowest BCUT2D eigenvalue weighted by molar-refractivity contribution is -0.117. The summed E-state index contributed by atoms with van der Waals surface area (Å²) in [6.07, 6.45) is 3.35. The van der Waals surface area contributed by atoms with Crippen LogP contribution in [-0.4, -0.2) is 32.3 Å². The van der Waals surface area contributed by atoms with Gasteiger partial charge in [0, 0.05) is 34.6 Å². The second kappa shape index (κ2) is 6.80. The molecule has 1 fully saturated rings. The molecular weight excluding hydrogens is 274 g/mol. The summed E-state index contributed by atoms with van der Waals surface area (Å²) in [7, 11) is 0. The van der Waals surface area contributed by atoms with Gasteiger partial charge in [0.25, 0.3) is 0 Å². The molecule has 0 saturated carbocycles. The van der Waals surface area contributed by atoms with Gasteiger partial charge >= 0.3 is 0 Å². The van der Waals surface area contributed by atoms with E-state index in [2.05, 4.69) is 31.8 Å². The molecule has 1 aromatic rings. The fourth-order valence-corrected chi connectivity index (χ4v) is 4.90. The summed E-state index contributed by atoms with van der Waals surface area (Å²) < 4.78 is 0. The Labute approximate surface area is 124 Å². The average molecular weight is 295 g/mol. The summed E-state index contributed by atoms with van der Waals surface area (Å²) in [5.74, 6) is 1.27. The van der Waals surface area contributed by atoms with Gasteiger partial charge in [-0.2, -0.15) is 11.8 Å². The van der Waals surface area contributed by atoms with Gasteiger partial charge in [-0.1, -0.05) is 26.8 Å². The molecule has 2 rings (SSSR count). The highest BCUT2D eigenvalue weighted by Crippen LogP contribution is 2.36. The Hall–Kier alpha value is -0.480. The van der Waals surface area contributed by atoms with E-state index in [1.165, 1.54) is 5.56 Å². The Morgan fingerprint density at radius 2 is 2.16 bits per heavy atom. The largest absolute Gasteiger partial charge is 0.298 e. The number of carbonyl (C=O) groups is 1. The van der Waals surface area contributed by atoms with Crippen molar-refractivity contribution in [2.75, 3.05) is 5.75 Å². The monoisotopic (exact) mass is 295 g/mol. The van der Waals surface area contributed by atoms with Crippen molar-refractivity contribution in [1.82, 2.24) is 4.98 Å². The molecule has 0 bridgehead atoms. The summed E-state index contributed by atoms with van der Waals surface area (Å²) in [4.78, 5) is 16.7. The van der Waals surface area contributed by atoms with Crippen molar-refractivity contribution in [2.45, 2.75) is 49.4 Å². The molecule has 104 valence electrons. The van der Waals surface area contributed by atoms with Crippen LogP contribution in [0.2, 0.25) is 0 Å². The Kier molecular flexibility index (Phi) is 5.34. The van der Waals surface area contributed by atoms with Crippen LogP contribution < -0.4 is 0 Å². The number of rotatable bonds is 4. The number of hydrogen-bond donors (Lipinski definition) is 0. The molecule has 0 amide bonds. The molecule has 1 aromatic heterocycles. The molecule has 3 unspecified atom stereocenters. The first-order valence-corrected chi connectivity index (χ1v) is 8.83. The number of thioether (sulfide) groups is 2. The van der Waals surface area contributed by atoms with Crippen molar-refractivity contribution in [3.8, 4) is 0 Å². The van der Waals surface area contributed by atoms with E-state index in [0.29, 0.717) is 22.7 Å². The summed E-state index contributed by atoms with van der Waals surface area (Å²) in [5.41, 5.74) is 2.13. The van der Waals surface area contributed by atoms with Crippen LogP contribution in [0.15, 0.2) is 18.3 Å². The molecule has 4 heteroatoms. The minimum absolute atomic E-state index is 0.142. The lowest BCUT2D eigenvalue weighted by atomic mass is 10.1. The molecular formula is C15H21NOS2. The fourth-order valence-electron chi connectivity index (χ4n) is 2.01. The predicted octanol–water partition coefficient (Wildman–Crippen LogP) is 3.38. The topological polar surface area (TPSA) is 30.0 Å². The quantitative estimate of drug-likeness (QED) is 0.852. The van der Waals surface area contributed by atoms with Crippen LogP contribution in [0.4, 0.5) is 0 Å². The molecule has 1 aliphatic rings. The summed E-state index contributed by atoms with van der Waals surface area (Å²) >= 11 is 3.75. The molecule has 1 aliphatic heterocycles. The maximum absolute atomic E-state index is 12.3. The summed E-state index contributed by atoms with van der Waals surface area (Å²) in [5, 5.41) is 1.35. The number of Topliss-reactive ketones (excluding diaryl/α,β-unsaturated/α-hetero) is 1. The normalized spacial score (nSPS) is 27.2. The molecule has 2 heterocycles. The number of nitrogens with zero attached hydrogens (tertiary/aromatic N) is 1. The number of carbonyl (C=O) groups excluding carboxylic acids is 1. The molecule has 0 aliphatic carbocycles. The van der Waals surface area contributed by atoms with Crippen LogP contribution in [-0.2, 0) is 17.6 Å². The second-order valence-electron chi connectivity index (χ2n) is 5.02. The molecule has 0 aromatic carbocycles. The summed E-state index contributed by atoms with van der Waals surface area (Å²) in [6, 6.07) is 4.06. The number of ketones is 1. The maximum Gasteiger partial charge on any atom is 0.152 e. The standard InChI is InChI=1S/C15H21NOS2/c1-4-12-5-6-13(16-8-12)7-14(17)15-9-18-10(2)11(3)19-15/h5-6,8,10-11,15H,4,7,9H2,1-3H3. The Morgan fingerprint density at radius 1 is 1.37 bits per heavy atom. The second-order valence-corrected chi connectivity index (χ2v) is 8.02. The molecule has 0 radical (unpaired) electrons. The van der Waals surface area contributed by atoms with Gasteiger partial charge in [-0.05, 0) is 18.1 Å². The zero-order valence-corrected chi connectivity index (χ0v) is 13.4. The molecule has 19 heavy (non-hydrogen) atoms. The predicted molar refractivity (Wildman–Crippen MR) is 85.1 cm³/mol. The smallest absolute Gasteiger partial charge is 0.152 e. The van der Waals surface area contributed by atoms with Crippen molar-refractivity contribution in [2.24, 2.45) is 0 Å². The van der Waals surface area contributed by atoms with Crippen LogP contribution in [0.1, 0.15) is 32.0 Å². The average Bonchev–Trinajstić information content (AvgIpc) is 2.42. The Balaban J connectivity index is 1.93. The van der Waals surface area contributed by atoms with E-state index in [1.807, 2.05) is 35.8 Å². The zero-order valence-electron chi connectivity index (χ0n) is 11.8. The van der Waals surface area contributed by atoms with Gasteiger partial charge in [0.2, 0.25) is 0 Å². The zero-order chi connectivity index (χ0) is 13.8. The number of pyridine rings is 1. The maximum atomic E-state index is 12.3. The lowest BCUT2D eigenvalue weighted by Crippen LogP contribution is -2.32. The lowest BCUT2D eigenvalue weighted by Gasteiger charge is -2.30. The first-order chi connectivity index (χ1) is 9.10. The Morgan fingerprint density at radius 3 is 2.74 bits per heavy atom. The molecule has 2 nitrogen and oxygen atoms in total. The van der Waals surface area contributed by atoms with Crippen LogP contribution in [0.3, 0.4) is 0 Å². The van der Waals surface area contributed by atoms with E-state index in [1.54, 1.807) is 0 Å². The third kappa shape index (κ3) is 3.99. The van der Waals surface area contributed by atoms with Gasteiger partial charge < -0.3 is 0 Å². The summed E-state index contributed by atoms with van der Waals surface area (Å²) in [6.45, 7) is 6.57. The van der Waals surface area contributed by atoms with Crippen molar-refractivity contribution in [3.05, 3.63) is 29.6 Å². The number of aromatic nitrogens is 1. The van der Waals surface area contributed by atoms with E-state index in [-0.39, 0.29) is 5.25 Å². The van der Waals surface area contributed by atoms with Crippen LogP contribution in [0.5, 0.6) is 0 Å². The molecule has 1 saturated heterocycles. The third-order valence-corrected chi connectivity index (χ3v) is 7.00. The van der Waals surface area contributed by atoms with E-state index in [0.717, 1.165) is 17.9 Å². The van der Waals surface area contributed by atoms with Crippen LogP contribution in [0, 0.1) is 0 Å². The van der Waals surface area contributed by atoms with Crippen LogP contribution >= 0.6 is 23.5 Å². The van der Waals surface area contributed by atoms with Crippen molar-refractivity contribution in [3.63, 3.8) is 0 Å². The van der Waals surface area contributed by atoms with E-state index in [9.17, 15) is 4.79 Å². The number of aryl methyl sites for hydroxylation is 1. The van der Waals surface area contributed by atoms with Crippen LogP contribution in [0.25, 0.3) is 0 Å². The van der Waals surface area contributed by atoms with Gasteiger partial charge in [-0.15, -0.1) is 11.8 Å². The van der Waals surface area contributed by atoms with Crippen molar-refractivity contribution < 1.29 is 4.79 Å². The highest BCUT2D eigenvalue weighted by molar-refractivity contribution is 8.08. The first kappa shape index (κ1) is 14.9. The van der Waals surface area contributed by atoms with Crippen molar-refractivity contribution >= 4 is 29.3 Å². The van der Waals surface area contributed by atoms with E-state index in [4.69, 9.17) is 0 Å². The first-order valence-electron chi connectivity index (χ1n) is 6.83.